The monoisotopic (exact) mass is 357 g/mol. The fourth-order valence-electron chi connectivity index (χ4n) is 2.24. The van der Waals surface area contributed by atoms with E-state index in [9.17, 15) is 13.2 Å². The predicted octanol–water partition coefficient (Wildman–Crippen LogP) is 4.87. The van der Waals surface area contributed by atoms with Gasteiger partial charge in [0.1, 0.15) is 0 Å². The predicted molar refractivity (Wildman–Crippen MR) is 80.7 cm³/mol. The Hall–Kier alpha value is -1.33. The fourth-order valence-corrected chi connectivity index (χ4v) is 2.72. The molecule has 0 fully saturated rings. The van der Waals surface area contributed by atoms with Gasteiger partial charge in [-0.1, -0.05) is 46.6 Å². The van der Waals surface area contributed by atoms with Crippen molar-refractivity contribution in [2.75, 3.05) is 6.54 Å². The summed E-state index contributed by atoms with van der Waals surface area (Å²) in [4.78, 5) is 0. The van der Waals surface area contributed by atoms with Gasteiger partial charge in [-0.3, -0.25) is 0 Å². The van der Waals surface area contributed by atoms with Crippen LogP contribution in [-0.2, 0) is 0 Å². The molecule has 0 radical (unpaired) electrons. The highest BCUT2D eigenvalue weighted by atomic mass is 79.9. The van der Waals surface area contributed by atoms with E-state index in [-0.39, 0.29) is 5.56 Å². The molecule has 0 spiro atoms. The van der Waals surface area contributed by atoms with Crippen LogP contribution in [0.5, 0.6) is 0 Å². The minimum atomic E-state index is -1.45. The summed E-state index contributed by atoms with van der Waals surface area (Å²) in [5.41, 5.74) is 1.86. The first-order valence-electron chi connectivity index (χ1n) is 6.58. The van der Waals surface area contributed by atoms with E-state index in [1.165, 1.54) is 6.07 Å². The second kappa shape index (κ2) is 6.62. The number of aryl methyl sites for hydroxylation is 1. The van der Waals surface area contributed by atoms with Crippen molar-refractivity contribution in [3.05, 3.63) is 68.9 Å². The molecule has 0 aromatic heterocycles. The molecule has 0 bridgehead atoms. The number of rotatable bonds is 4. The molecule has 2 aromatic carbocycles. The Morgan fingerprint density at radius 3 is 2.43 bits per heavy atom. The molecule has 21 heavy (non-hydrogen) atoms. The van der Waals surface area contributed by atoms with Gasteiger partial charge in [0.25, 0.3) is 0 Å². The molecular weight excluding hydrogens is 343 g/mol. The third-order valence-electron chi connectivity index (χ3n) is 3.25. The Morgan fingerprint density at radius 2 is 1.76 bits per heavy atom. The highest BCUT2D eigenvalue weighted by Gasteiger charge is 2.23. The molecule has 1 atom stereocenters. The maximum absolute atomic E-state index is 14.1. The van der Waals surface area contributed by atoms with Crippen LogP contribution >= 0.6 is 15.9 Å². The number of nitrogens with one attached hydrogen (secondary N) is 1. The first-order chi connectivity index (χ1) is 9.95. The SMILES string of the molecule is CCNC(c1cc(C)ccc1Br)c1ccc(F)c(F)c1F. The van der Waals surface area contributed by atoms with Gasteiger partial charge in [-0.2, -0.15) is 0 Å². The minimum absolute atomic E-state index is 0.0852. The van der Waals surface area contributed by atoms with Crippen molar-refractivity contribution in [3.8, 4) is 0 Å². The molecule has 1 nitrogen and oxygen atoms in total. The molecule has 0 aliphatic rings. The highest BCUT2D eigenvalue weighted by Crippen LogP contribution is 2.32. The van der Waals surface area contributed by atoms with E-state index in [4.69, 9.17) is 0 Å². The zero-order chi connectivity index (χ0) is 15.6. The standard InChI is InChI=1S/C16H15BrF3N/c1-3-21-16(11-8-9(2)4-6-12(11)17)10-5-7-13(18)15(20)14(10)19/h4-8,16,21H,3H2,1-2H3. The average Bonchev–Trinajstić information content (AvgIpc) is 2.46. The zero-order valence-corrected chi connectivity index (χ0v) is 13.3. The van der Waals surface area contributed by atoms with Crippen molar-refractivity contribution >= 4 is 15.9 Å². The van der Waals surface area contributed by atoms with Gasteiger partial charge < -0.3 is 5.32 Å². The molecule has 0 aliphatic heterocycles. The molecule has 5 heteroatoms. The lowest BCUT2D eigenvalue weighted by Crippen LogP contribution is -2.24. The van der Waals surface area contributed by atoms with Crippen LogP contribution < -0.4 is 5.32 Å². The molecule has 1 N–H and O–H groups in total. The maximum Gasteiger partial charge on any atom is 0.194 e. The average molecular weight is 358 g/mol. The number of hydrogen-bond acceptors (Lipinski definition) is 1. The molecule has 0 amide bonds. The van der Waals surface area contributed by atoms with E-state index in [2.05, 4.69) is 21.2 Å². The van der Waals surface area contributed by atoms with Crippen LogP contribution in [0, 0.1) is 24.4 Å². The Labute approximate surface area is 130 Å². The lowest BCUT2D eigenvalue weighted by atomic mass is 9.96. The number of hydrogen-bond donors (Lipinski definition) is 1. The number of benzene rings is 2. The lowest BCUT2D eigenvalue weighted by molar-refractivity contribution is 0.433. The van der Waals surface area contributed by atoms with Gasteiger partial charge in [-0.15, -0.1) is 0 Å². The Balaban J connectivity index is 2.59. The summed E-state index contributed by atoms with van der Waals surface area (Å²) in [5, 5.41) is 3.11. The van der Waals surface area contributed by atoms with Crippen LogP contribution in [0.25, 0.3) is 0 Å². The molecule has 2 aromatic rings. The molecule has 0 heterocycles. The highest BCUT2D eigenvalue weighted by molar-refractivity contribution is 9.10. The largest absolute Gasteiger partial charge is 0.306 e. The molecule has 0 saturated carbocycles. The molecule has 2 rings (SSSR count). The van der Waals surface area contributed by atoms with Crippen molar-refractivity contribution in [1.29, 1.82) is 0 Å². The van der Waals surface area contributed by atoms with Crippen LogP contribution in [0.2, 0.25) is 0 Å². The Kier molecular flexibility index (Phi) is 5.06. The maximum atomic E-state index is 14.1. The third-order valence-corrected chi connectivity index (χ3v) is 3.97. The van der Waals surface area contributed by atoms with Crippen molar-refractivity contribution in [2.45, 2.75) is 19.9 Å². The van der Waals surface area contributed by atoms with Gasteiger partial charge >= 0.3 is 0 Å². The molecule has 0 saturated heterocycles. The van der Waals surface area contributed by atoms with Gasteiger partial charge in [0, 0.05) is 10.0 Å². The molecule has 112 valence electrons. The van der Waals surface area contributed by atoms with Gasteiger partial charge in [0.05, 0.1) is 6.04 Å². The Bertz CT molecular complexity index is 658. The fraction of sp³-hybridized carbons (Fsp3) is 0.250. The van der Waals surface area contributed by atoms with E-state index in [1.54, 1.807) is 0 Å². The van der Waals surface area contributed by atoms with E-state index in [0.717, 1.165) is 21.7 Å². The first kappa shape index (κ1) is 16.0. The first-order valence-corrected chi connectivity index (χ1v) is 7.37. The van der Waals surface area contributed by atoms with Crippen molar-refractivity contribution in [3.63, 3.8) is 0 Å². The van der Waals surface area contributed by atoms with E-state index < -0.39 is 23.5 Å². The summed E-state index contributed by atoms with van der Waals surface area (Å²) in [6.07, 6.45) is 0. The number of halogens is 4. The van der Waals surface area contributed by atoms with Crippen molar-refractivity contribution in [1.82, 2.24) is 5.32 Å². The second-order valence-electron chi connectivity index (χ2n) is 4.78. The molecular formula is C16H15BrF3N. The molecule has 1 unspecified atom stereocenters. The summed E-state index contributed by atoms with van der Waals surface area (Å²) in [5.74, 6) is -3.79. The third kappa shape index (κ3) is 3.30. The second-order valence-corrected chi connectivity index (χ2v) is 5.63. The lowest BCUT2D eigenvalue weighted by Gasteiger charge is -2.21. The summed E-state index contributed by atoms with van der Waals surface area (Å²) in [7, 11) is 0. The van der Waals surface area contributed by atoms with Crippen molar-refractivity contribution in [2.24, 2.45) is 0 Å². The zero-order valence-electron chi connectivity index (χ0n) is 11.7. The van der Waals surface area contributed by atoms with Crippen LogP contribution in [0.4, 0.5) is 13.2 Å². The summed E-state index contributed by atoms with van der Waals surface area (Å²) in [6.45, 7) is 4.35. The summed E-state index contributed by atoms with van der Waals surface area (Å²) >= 11 is 3.43. The van der Waals surface area contributed by atoms with Gasteiger partial charge in [-0.05, 0) is 31.2 Å². The van der Waals surface area contributed by atoms with Crippen LogP contribution in [0.1, 0.15) is 29.7 Å². The smallest absolute Gasteiger partial charge is 0.194 e. The van der Waals surface area contributed by atoms with Gasteiger partial charge in [0.2, 0.25) is 0 Å². The van der Waals surface area contributed by atoms with E-state index >= 15 is 0 Å². The van der Waals surface area contributed by atoms with Gasteiger partial charge in [-0.25, -0.2) is 13.2 Å². The normalized spacial score (nSPS) is 12.5. The summed E-state index contributed by atoms with van der Waals surface area (Å²) in [6, 6.07) is 7.32. The van der Waals surface area contributed by atoms with Crippen LogP contribution in [-0.4, -0.2) is 6.54 Å². The Morgan fingerprint density at radius 1 is 1.05 bits per heavy atom. The van der Waals surface area contributed by atoms with E-state index in [0.29, 0.717) is 6.54 Å². The topological polar surface area (TPSA) is 12.0 Å². The molecule has 0 aliphatic carbocycles. The summed E-state index contributed by atoms with van der Waals surface area (Å²) < 4.78 is 41.5. The van der Waals surface area contributed by atoms with Crippen LogP contribution in [0.15, 0.2) is 34.8 Å². The van der Waals surface area contributed by atoms with Gasteiger partial charge in [0.15, 0.2) is 17.5 Å². The van der Waals surface area contributed by atoms with Crippen molar-refractivity contribution < 1.29 is 13.2 Å². The minimum Gasteiger partial charge on any atom is -0.306 e. The quantitative estimate of drug-likeness (QED) is 0.769. The van der Waals surface area contributed by atoms with E-state index in [1.807, 2.05) is 32.0 Å². The van der Waals surface area contributed by atoms with Crippen LogP contribution in [0.3, 0.4) is 0 Å².